The minimum absolute atomic E-state index is 0.0308. The monoisotopic (exact) mass is 300 g/mol. The average molecular weight is 300 g/mol. The summed E-state index contributed by atoms with van der Waals surface area (Å²) in [7, 11) is 0. The molecule has 1 aliphatic carbocycles. The number of pyridine rings is 1. The Morgan fingerprint density at radius 3 is 2.95 bits per heavy atom. The highest BCUT2D eigenvalue weighted by atomic mass is 32.1. The normalized spacial score (nSPS) is 13.0. The maximum Gasteiger partial charge on any atom is 0.229 e. The number of aliphatic hydroxyl groups excluding tert-OH is 1. The van der Waals surface area contributed by atoms with E-state index in [9.17, 15) is 5.11 Å². The van der Waals surface area contributed by atoms with Gasteiger partial charge in [0.25, 0.3) is 0 Å². The smallest absolute Gasteiger partial charge is 0.229 e. The molecule has 0 saturated carbocycles. The Morgan fingerprint density at radius 2 is 2.19 bits per heavy atom. The van der Waals surface area contributed by atoms with Crippen LogP contribution in [0.3, 0.4) is 0 Å². The first-order valence-electron chi connectivity index (χ1n) is 6.87. The first-order valence-corrected chi connectivity index (χ1v) is 7.28. The van der Waals surface area contributed by atoms with Crippen molar-refractivity contribution >= 4 is 17.2 Å². The number of rotatable bonds is 4. The van der Waals surface area contributed by atoms with Crippen molar-refractivity contribution in [2.24, 2.45) is 5.73 Å². The summed E-state index contributed by atoms with van der Waals surface area (Å²) in [6.45, 7) is -0.0308. The van der Waals surface area contributed by atoms with E-state index in [0.717, 1.165) is 30.5 Å². The number of aliphatic hydroxyl groups is 1. The Morgan fingerprint density at radius 1 is 1.33 bits per heavy atom. The maximum atomic E-state index is 9.19. The molecule has 0 unspecified atom stereocenters. The molecule has 1 heterocycles. The van der Waals surface area contributed by atoms with Gasteiger partial charge in [0.15, 0.2) is 0 Å². The molecule has 1 aromatic heterocycles. The molecule has 2 aromatic rings. The topological polar surface area (TPSA) is 68.4 Å². The summed E-state index contributed by atoms with van der Waals surface area (Å²) in [5, 5.41) is 9.19. The Hall–Kier alpha value is -1.98. The molecular weight excluding hydrogens is 284 g/mol. The average Bonchev–Trinajstić information content (AvgIpc) is 2.93. The van der Waals surface area contributed by atoms with Crippen LogP contribution in [0.2, 0.25) is 0 Å². The molecular formula is C16H16N2O2S. The predicted molar refractivity (Wildman–Crippen MR) is 84.6 cm³/mol. The molecule has 21 heavy (non-hydrogen) atoms. The van der Waals surface area contributed by atoms with Crippen LogP contribution in [0.25, 0.3) is 0 Å². The minimum Gasteiger partial charge on any atom is -0.438 e. The van der Waals surface area contributed by atoms with E-state index in [1.807, 2.05) is 24.3 Å². The lowest BCUT2D eigenvalue weighted by Gasteiger charge is -2.12. The van der Waals surface area contributed by atoms with Gasteiger partial charge in [0.1, 0.15) is 10.7 Å². The molecule has 0 atom stereocenters. The van der Waals surface area contributed by atoms with Gasteiger partial charge in [-0.1, -0.05) is 24.4 Å². The number of hydrogen-bond donors (Lipinski definition) is 2. The SMILES string of the molecule is NC(=S)c1cc2c(nc1Oc1cccc(CO)c1)CCC2. The Labute approximate surface area is 128 Å². The van der Waals surface area contributed by atoms with Gasteiger partial charge in [0.05, 0.1) is 12.2 Å². The van der Waals surface area contributed by atoms with Crippen molar-refractivity contribution in [3.05, 3.63) is 52.7 Å². The lowest BCUT2D eigenvalue weighted by atomic mass is 10.1. The quantitative estimate of drug-likeness (QED) is 0.849. The molecule has 0 fully saturated rings. The van der Waals surface area contributed by atoms with Gasteiger partial charge in [0.2, 0.25) is 5.88 Å². The summed E-state index contributed by atoms with van der Waals surface area (Å²) in [5.41, 5.74) is 9.50. The fourth-order valence-electron chi connectivity index (χ4n) is 2.53. The van der Waals surface area contributed by atoms with E-state index in [4.69, 9.17) is 22.7 Å². The molecule has 4 nitrogen and oxygen atoms in total. The highest BCUT2D eigenvalue weighted by Crippen LogP contribution is 2.30. The summed E-state index contributed by atoms with van der Waals surface area (Å²) in [6.07, 6.45) is 3.07. The zero-order valence-electron chi connectivity index (χ0n) is 11.5. The van der Waals surface area contributed by atoms with Crippen LogP contribution in [0.15, 0.2) is 30.3 Å². The molecule has 3 rings (SSSR count). The highest BCUT2D eigenvalue weighted by molar-refractivity contribution is 7.80. The number of fused-ring (bicyclic) bond motifs is 1. The molecule has 1 aromatic carbocycles. The third-order valence-electron chi connectivity index (χ3n) is 3.58. The largest absolute Gasteiger partial charge is 0.438 e. The molecule has 0 spiro atoms. The van der Waals surface area contributed by atoms with E-state index in [-0.39, 0.29) is 11.6 Å². The molecule has 5 heteroatoms. The molecule has 0 amide bonds. The Kier molecular flexibility index (Phi) is 3.86. The number of nitrogens with two attached hydrogens (primary N) is 1. The molecule has 3 N–H and O–H groups in total. The van der Waals surface area contributed by atoms with Crippen molar-refractivity contribution in [3.8, 4) is 11.6 Å². The Balaban J connectivity index is 1.99. The van der Waals surface area contributed by atoms with Gasteiger partial charge in [-0.05, 0) is 48.6 Å². The molecule has 0 radical (unpaired) electrons. The van der Waals surface area contributed by atoms with E-state index in [2.05, 4.69) is 4.98 Å². The van der Waals surface area contributed by atoms with Crippen LogP contribution < -0.4 is 10.5 Å². The number of benzene rings is 1. The second-order valence-corrected chi connectivity index (χ2v) is 5.51. The van der Waals surface area contributed by atoms with Crippen LogP contribution in [-0.4, -0.2) is 15.1 Å². The number of aromatic nitrogens is 1. The van der Waals surface area contributed by atoms with E-state index in [0.29, 0.717) is 17.2 Å². The first kappa shape index (κ1) is 14.0. The summed E-state index contributed by atoms with van der Waals surface area (Å²) in [4.78, 5) is 4.86. The van der Waals surface area contributed by atoms with Gasteiger partial charge < -0.3 is 15.6 Å². The second kappa shape index (κ2) is 5.79. The van der Waals surface area contributed by atoms with Crippen molar-refractivity contribution in [1.82, 2.24) is 4.98 Å². The van der Waals surface area contributed by atoms with E-state index >= 15 is 0 Å². The number of hydrogen-bond acceptors (Lipinski definition) is 4. The number of nitrogens with zero attached hydrogens (tertiary/aromatic N) is 1. The standard InChI is InChI=1S/C16H16N2O2S/c17-15(21)13-8-11-4-2-6-14(11)18-16(13)20-12-5-1-3-10(7-12)9-19/h1,3,5,7-8,19H,2,4,6,9H2,(H2,17,21). The van der Waals surface area contributed by atoms with Crippen LogP contribution in [0.4, 0.5) is 0 Å². The van der Waals surface area contributed by atoms with E-state index in [1.54, 1.807) is 6.07 Å². The van der Waals surface area contributed by atoms with Crippen molar-refractivity contribution < 1.29 is 9.84 Å². The first-order chi connectivity index (χ1) is 10.2. The van der Waals surface area contributed by atoms with Crippen molar-refractivity contribution in [1.29, 1.82) is 0 Å². The van der Waals surface area contributed by atoms with Gasteiger partial charge in [0, 0.05) is 5.69 Å². The van der Waals surface area contributed by atoms with E-state index in [1.165, 1.54) is 5.56 Å². The van der Waals surface area contributed by atoms with Crippen LogP contribution >= 0.6 is 12.2 Å². The van der Waals surface area contributed by atoms with E-state index < -0.39 is 0 Å². The zero-order chi connectivity index (χ0) is 14.8. The molecule has 0 aliphatic heterocycles. The predicted octanol–water partition coefficient (Wildman–Crippen LogP) is 2.49. The zero-order valence-corrected chi connectivity index (χ0v) is 12.3. The van der Waals surface area contributed by atoms with Crippen molar-refractivity contribution in [2.75, 3.05) is 0 Å². The third-order valence-corrected chi connectivity index (χ3v) is 3.80. The van der Waals surface area contributed by atoms with Gasteiger partial charge in [-0.15, -0.1) is 0 Å². The highest BCUT2D eigenvalue weighted by Gasteiger charge is 2.19. The van der Waals surface area contributed by atoms with Crippen LogP contribution in [0.1, 0.15) is 28.8 Å². The lowest BCUT2D eigenvalue weighted by Crippen LogP contribution is -2.13. The van der Waals surface area contributed by atoms with Gasteiger partial charge in [-0.3, -0.25) is 0 Å². The molecule has 1 aliphatic rings. The summed E-state index contributed by atoms with van der Waals surface area (Å²) < 4.78 is 5.85. The van der Waals surface area contributed by atoms with Crippen LogP contribution in [0, 0.1) is 0 Å². The minimum atomic E-state index is -0.0308. The third kappa shape index (κ3) is 2.89. The van der Waals surface area contributed by atoms with Crippen molar-refractivity contribution in [3.63, 3.8) is 0 Å². The van der Waals surface area contributed by atoms with Gasteiger partial charge in [-0.25, -0.2) is 4.98 Å². The van der Waals surface area contributed by atoms with Crippen LogP contribution in [-0.2, 0) is 19.4 Å². The Bertz CT molecular complexity index is 701. The number of ether oxygens (including phenoxy) is 1. The summed E-state index contributed by atoms with van der Waals surface area (Å²) in [5.74, 6) is 1.06. The number of aryl methyl sites for hydroxylation is 2. The number of thiocarbonyl (C=S) groups is 1. The summed E-state index contributed by atoms with van der Waals surface area (Å²) >= 11 is 5.10. The molecule has 0 bridgehead atoms. The second-order valence-electron chi connectivity index (χ2n) is 5.07. The van der Waals surface area contributed by atoms with Gasteiger partial charge >= 0.3 is 0 Å². The molecule has 0 saturated heterocycles. The molecule has 108 valence electrons. The maximum absolute atomic E-state index is 9.19. The van der Waals surface area contributed by atoms with Gasteiger partial charge in [-0.2, -0.15) is 0 Å². The van der Waals surface area contributed by atoms with Crippen molar-refractivity contribution in [2.45, 2.75) is 25.9 Å². The fourth-order valence-corrected chi connectivity index (χ4v) is 2.67. The summed E-state index contributed by atoms with van der Waals surface area (Å²) in [6, 6.07) is 9.24. The fraction of sp³-hybridized carbons (Fsp3) is 0.250. The van der Waals surface area contributed by atoms with Crippen LogP contribution in [0.5, 0.6) is 11.6 Å². The lowest BCUT2D eigenvalue weighted by molar-refractivity contribution is 0.281.